The van der Waals surface area contributed by atoms with Crippen molar-refractivity contribution in [3.63, 3.8) is 0 Å². The molecule has 0 spiro atoms. The molecule has 3 atom stereocenters. The lowest BCUT2D eigenvalue weighted by atomic mass is 9.69. The molecule has 0 aromatic rings. The first-order chi connectivity index (χ1) is 16.2. The maximum atomic E-state index is 13.4. The van der Waals surface area contributed by atoms with E-state index in [1.54, 1.807) is 0 Å². The number of carbonyl (C=O) groups is 1. The second kappa shape index (κ2) is 13.9. The smallest absolute Gasteiger partial charge is 0.396 e. The van der Waals surface area contributed by atoms with Crippen LogP contribution in [-0.4, -0.2) is 23.7 Å². The molecule has 2 bridgehead atoms. The van der Waals surface area contributed by atoms with Crippen molar-refractivity contribution < 1.29 is 23.1 Å². The highest BCUT2D eigenvalue weighted by Crippen LogP contribution is 2.54. The van der Waals surface area contributed by atoms with Gasteiger partial charge in [-0.3, -0.25) is 4.79 Å². The molecule has 3 rings (SSSR count). The Bertz CT molecular complexity index is 834. The number of ketones is 1. The SMILES string of the molecule is C=C(\C=C/C(=C(\C)CCCO)C(=C/C)/C1C(=O)C2CCC(C2)C1=C1CC1)C(F)(F)F.CC.CC. The topological polar surface area (TPSA) is 37.3 Å². The van der Waals surface area contributed by atoms with Crippen LogP contribution in [0.4, 0.5) is 13.2 Å². The average molecular weight is 481 g/mol. The molecule has 1 N–H and O–H groups in total. The van der Waals surface area contributed by atoms with Gasteiger partial charge in [-0.15, -0.1) is 0 Å². The van der Waals surface area contributed by atoms with Crippen LogP contribution in [0, 0.1) is 17.8 Å². The van der Waals surface area contributed by atoms with Crippen LogP contribution in [0.2, 0.25) is 0 Å². The number of aliphatic hydroxyl groups excluding tert-OH is 1. The number of hydrogen-bond donors (Lipinski definition) is 1. The molecule has 0 radical (unpaired) electrons. The molecule has 0 amide bonds. The van der Waals surface area contributed by atoms with E-state index in [9.17, 15) is 23.1 Å². The molecule has 3 saturated carbocycles. The lowest BCUT2D eigenvalue weighted by Gasteiger charge is -2.33. The highest BCUT2D eigenvalue weighted by atomic mass is 19.4. The molecule has 0 saturated heterocycles. The first-order valence-electron chi connectivity index (χ1n) is 12.9. The van der Waals surface area contributed by atoms with E-state index in [4.69, 9.17) is 0 Å². The molecule has 3 unspecified atom stereocenters. The average Bonchev–Trinajstić information content (AvgIpc) is 3.57. The maximum Gasteiger partial charge on any atom is 0.415 e. The van der Waals surface area contributed by atoms with Crippen LogP contribution in [0.5, 0.6) is 0 Å². The number of aliphatic hydroxyl groups is 1. The largest absolute Gasteiger partial charge is 0.415 e. The number of Topliss-reactive ketones (excluding diaryl/α,β-unsaturated/α-hetero) is 1. The summed E-state index contributed by atoms with van der Waals surface area (Å²) in [5.41, 5.74) is 4.07. The summed E-state index contributed by atoms with van der Waals surface area (Å²) in [6.45, 7) is 14.9. The van der Waals surface area contributed by atoms with Gasteiger partial charge in [0.1, 0.15) is 5.78 Å². The van der Waals surface area contributed by atoms with Crippen LogP contribution < -0.4 is 0 Å². The molecule has 0 aromatic heterocycles. The second-order valence-corrected chi connectivity index (χ2v) is 8.72. The van der Waals surface area contributed by atoms with E-state index in [0.29, 0.717) is 24.3 Å². The fourth-order valence-electron chi connectivity index (χ4n) is 5.03. The lowest BCUT2D eigenvalue weighted by molar-refractivity contribution is -0.125. The standard InChI is InChI=1S/C25H31F3O2.2C2H6/c1-4-20(21(15(2)6-5-13-29)12-7-16(3)25(26,27)28)23-22(17-8-9-17)18-10-11-19(14-18)24(23)30;2*1-2/h4,7,12,18-19,23,29H,3,5-6,8-11,13-14H2,1-2H3;2*1-2H3/b12-7-,20-4-,21-15-;;. The van der Waals surface area contributed by atoms with Gasteiger partial charge in [-0.2, -0.15) is 13.2 Å². The quantitative estimate of drug-likeness (QED) is 0.293. The van der Waals surface area contributed by atoms with Crippen molar-refractivity contribution in [2.45, 2.75) is 92.7 Å². The van der Waals surface area contributed by atoms with Crippen LogP contribution in [0.3, 0.4) is 0 Å². The fraction of sp³-hybridized carbons (Fsp3) is 0.621. The molecule has 3 aliphatic carbocycles. The van der Waals surface area contributed by atoms with Crippen molar-refractivity contribution in [3.8, 4) is 0 Å². The van der Waals surface area contributed by atoms with Gasteiger partial charge in [0.2, 0.25) is 0 Å². The minimum Gasteiger partial charge on any atom is -0.396 e. The highest BCUT2D eigenvalue weighted by molar-refractivity contribution is 5.92. The lowest BCUT2D eigenvalue weighted by Crippen LogP contribution is -2.32. The van der Waals surface area contributed by atoms with Gasteiger partial charge in [-0.25, -0.2) is 0 Å². The van der Waals surface area contributed by atoms with E-state index >= 15 is 0 Å². The predicted octanol–water partition coefficient (Wildman–Crippen LogP) is 8.45. The predicted molar refractivity (Wildman–Crippen MR) is 135 cm³/mol. The van der Waals surface area contributed by atoms with Crippen LogP contribution in [0.15, 0.2) is 58.2 Å². The Morgan fingerprint density at radius 2 is 1.68 bits per heavy atom. The van der Waals surface area contributed by atoms with Crippen molar-refractivity contribution in [2.24, 2.45) is 17.8 Å². The van der Waals surface area contributed by atoms with Crippen LogP contribution in [0.1, 0.15) is 86.5 Å². The molecule has 5 heteroatoms. The van der Waals surface area contributed by atoms with E-state index in [-0.39, 0.29) is 24.2 Å². The summed E-state index contributed by atoms with van der Waals surface area (Å²) in [4.78, 5) is 13.4. The Morgan fingerprint density at radius 3 is 2.18 bits per heavy atom. The summed E-state index contributed by atoms with van der Waals surface area (Å²) < 4.78 is 39.0. The van der Waals surface area contributed by atoms with Gasteiger partial charge in [0.25, 0.3) is 0 Å². The summed E-state index contributed by atoms with van der Waals surface area (Å²) in [7, 11) is 0. The molecule has 3 fully saturated rings. The maximum absolute atomic E-state index is 13.4. The highest BCUT2D eigenvalue weighted by Gasteiger charge is 2.47. The zero-order chi connectivity index (χ0) is 26.1. The van der Waals surface area contributed by atoms with Gasteiger partial charge in [0.15, 0.2) is 0 Å². The van der Waals surface area contributed by atoms with Gasteiger partial charge in [0, 0.05) is 18.1 Å². The van der Waals surface area contributed by atoms with Crippen LogP contribution >= 0.6 is 0 Å². The van der Waals surface area contributed by atoms with Gasteiger partial charge in [0.05, 0.1) is 5.92 Å². The van der Waals surface area contributed by atoms with E-state index in [2.05, 4.69) is 6.58 Å². The third-order valence-corrected chi connectivity index (χ3v) is 6.70. The summed E-state index contributed by atoms with van der Waals surface area (Å²) in [6, 6.07) is 0. The fourth-order valence-corrected chi connectivity index (χ4v) is 5.03. The Balaban J connectivity index is 0.00000137. The molecule has 34 heavy (non-hydrogen) atoms. The van der Waals surface area contributed by atoms with Crippen molar-refractivity contribution in [1.82, 2.24) is 0 Å². The van der Waals surface area contributed by atoms with E-state index in [0.717, 1.165) is 49.3 Å². The zero-order valence-corrected chi connectivity index (χ0v) is 21.8. The van der Waals surface area contributed by atoms with Crippen LogP contribution in [0.25, 0.3) is 0 Å². The number of halogens is 3. The first-order valence-corrected chi connectivity index (χ1v) is 12.9. The molecule has 2 nitrogen and oxygen atoms in total. The van der Waals surface area contributed by atoms with E-state index in [1.807, 2.05) is 47.6 Å². The Labute approximate surface area is 204 Å². The van der Waals surface area contributed by atoms with E-state index in [1.165, 1.54) is 17.2 Å². The van der Waals surface area contributed by atoms with Crippen molar-refractivity contribution in [3.05, 3.63) is 58.2 Å². The summed E-state index contributed by atoms with van der Waals surface area (Å²) in [5.74, 6) is 0.368. The minimum absolute atomic E-state index is 0.0105. The Kier molecular flexibility index (Phi) is 12.3. The summed E-state index contributed by atoms with van der Waals surface area (Å²) in [6.07, 6.45) is 5.90. The van der Waals surface area contributed by atoms with Crippen molar-refractivity contribution in [1.29, 1.82) is 0 Å². The van der Waals surface area contributed by atoms with Gasteiger partial charge >= 0.3 is 6.18 Å². The summed E-state index contributed by atoms with van der Waals surface area (Å²) in [5, 5.41) is 9.23. The molecule has 0 aliphatic heterocycles. The third-order valence-electron chi connectivity index (χ3n) is 6.70. The van der Waals surface area contributed by atoms with Gasteiger partial charge in [-0.1, -0.05) is 69.2 Å². The van der Waals surface area contributed by atoms with Crippen molar-refractivity contribution in [2.75, 3.05) is 6.61 Å². The Morgan fingerprint density at radius 1 is 1.09 bits per heavy atom. The second-order valence-electron chi connectivity index (χ2n) is 8.72. The normalized spacial score (nSPS) is 24.8. The number of fused-ring (bicyclic) bond motifs is 2. The number of alkyl halides is 3. The third kappa shape index (κ3) is 7.31. The molecule has 3 aliphatic rings. The molecular weight excluding hydrogens is 437 g/mol. The minimum atomic E-state index is -4.49. The zero-order valence-electron chi connectivity index (χ0n) is 21.8. The number of carbonyl (C=O) groups excluding carboxylic acids is 1. The first kappa shape index (κ1) is 30.2. The number of rotatable bonds is 7. The Hall–Kier alpha value is -1.88. The summed E-state index contributed by atoms with van der Waals surface area (Å²) >= 11 is 0. The van der Waals surface area contributed by atoms with Crippen LogP contribution in [-0.2, 0) is 4.79 Å². The molecule has 0 aromatic carbocycles. The molecule has 192 valence electrons. The van der Waals surface area contributed by atoms with Gasteiger partial charge < -0.3 is 5.11 Å². The number of allylic oxidation sites excluding steroid dienone is 9. The van der Waals surface area contributed by atoms with E-state index < -0.39 is 11.7 Å². The van der Waals surface area contributed by atoms with Gasteiger partial charge in [-0.05, 0) is 75.9 Å². The molecular formula is C29H43F3O2. The van der Waals surface area contributed by atoms with Crippen molar-refractivity contribution >= 4 is 5.78 Å². The monoisotopic (exact) mass is 480 g/mol. The number of hydrogen-bond acceptors (Lipinski definition) is 2. The molecule has 0 heterocycles.